The topological polar surface area (TPSA) is 46.2 Å². The number of alkyl halides is 1. The van der Waals surface area contributed by atoms with Crippen LogP contribution in [0.4, 0.5) is 0 Å². The third-order valence-electron chi connectivity index (χ3n) is 3.13. The summed E-state index contributed by atoms with van der Waals surface area (Å²) >= 11 is 2.28. The van der Waals surface area contributed by atoms with Crippen molar-refractivity contribution in [1.29, 1.82) is 0 Å². The molecular formula is C16H18INO2S. The monoisotopic (exact) mass is 415 g/mol. The Hall–Kier alpha value is -0.920. The Morgan fingerprint density at radius 1 is 1.05 bits per heavy atom. The molecule has 0 aromatic heterocycles. The van der Waals surface area contributed by atoms with Crippen molar-refractivity contribution in [1.82, 2.24) is 4.72 Å². The second kappa shape index (κ2) is 7.38. The molecule has 0 aliphatic heterocycles. The molecule has 112 valence electrons. The normalized spacial score (nSPS) is 13.0. The highest BCUT2D eigenvalue weighted by atomic mass is 127. The van der Waals surface area contributed by atoms with Crippen LogP contribution in [-0.2, 0) is 16.4 Å². The Morgan fingerprint density at radius 3 is 2.29 bits per heavy atom. The molecule has 0 unspecified atom stereocenters. The second-order valence-electron chi connectivity index (χ2n) is 4.95. The SMILES string of the molecule is Cc1ccc(S(=O)(=O)NC[C@@H](I)Cc2ccccc2)cc1. The molecule has 0 saturated carbocycles. The number of hydrogen-bond donors (Lipinski definition) is 1. The molecule has 0 heterocycles. The number of benzene rings is 2. The first-order valence-corrected chi connectivity index (χ1v) is 9.44. The Bertz CT molecular complexity index is 669. The standard InChI is InChI=1S/C16H18INO2S/c1-13-7-9-16(10-8-13)21(19,20)18-12-15(17)11-14-5-3-2-4-6-14/h2-10,15,18H,11-12H2,1H3/t15-/m0/s1. The molecule has 2 rings (SSSR count). The predicted molar refractivity (Wildman–Crippen MR) is 94.3 cm³/mol. The molecule has 0 saturated heterocycles. The van der Waals surface area contributed by atoms with Gasteiger partial charge in [0.05, 0.1) is 4.90 Å². The maximum Gasteiger partial charge on any atom is 0.240 e. The maximum atomic E-state index is 12.2. The van der Waals surface area contributed by atoms with Gasteiger partial charge in [-0.1, -0.05) is 70.6 Å². The molecule has 1 atom stereocenters. The summed E-state index contributed by atoms with van der Waals surface area (Å²) in [5.41, 5.74) is 2.26. The fraction of sp³-hybridized carbons (Fsp3) is 0.250. The lowest BCUT2D eigenvalue weighted by atomic mass is 10.1. The van der Waals surface area contributed by atoms with Crippen molar-refractivity contribution >= 4 is 32.6 Å². The van der Waals surface area contributed by atoms with Gasteiger partial charge in [-0.15, -0.1) is 0 Å². The molecule has 21 heavy (non-hydrogen) atoms. The van der Waals surface area contributed by atoms with Crippen LogP contribution in [0, 0.1) is 6.92 Å². The van der Waals surface area contributed by atoms with Gasteiger partial charge in [-0.3, -0.25) is 0 Å². The highest BCUT2D eigenvalue weighted by molar-refractivity contribution is 14.1. The van der Waals surface area contributed by atoms with Crippen LogP contribution in [0.1, 0.15) is 11.1 Å². The van der Waals surface area contributed by atoms with E-state index < -0.39 is 10.0 Å². The summed E-state index contributed by atoms with van der Waals surface area (Å²) in [5, 5.41) is 0. The van der Waals surface area contributed by atoms with E-state index in [0.717, 1.165) is 12.0 Å². The lowest BCUT2D eigenvalue weighted by molar-refractivity contribution is 0.581. The molecule has 0 amide bonds. The fourth-order valence-corrected chi connectivity index (χ4v) is 4.05. The molecule has 2 aromatic rings. The van der Waals surface area contributed by atoms with E-state index in [-0.39, 0.29) is 3.92 Å². The van der Waals surface area contributed by atoms with Crippen molar-refractivity contribution in [3.8, 4) is 0 Å². The largest absolute Gasteiger partial charge is 0.240 e. The Morgan fingerprint density at radius 2 is 1.67 bits per heavy atom. The minimum atomic E-state index is -3.42. The lowest BCUT2D eigenvalue weighted by Gasteiger charge is -2.12. The summed E-state index contributed by atoms with van der Waals surface area (Å²) in [5.74, 6) is 0. The van der Waals surface area contributed by atoms with Gasteiger partial charge in [0.15, 0.2) is 0 Å². The van der Waals surface area contributed by atoms with Crippen molar-refractivity contribution in [3.05, 3.63) is 65.7 Å². The van der Waals surface area contributed by atoms with Gasteiger partial charge >= 0.3 is 0 Å². The average molecular weight is 415 g/mol. The number of nitrogens with one attached hydrogen (secondary N) is 1. The van der Waals surface area contributed by atoms with E-state index in [2.05, 4.69) is 39.4 Å². The minimum Gasteiger partial charge on any atom is -0.210 e. The number of sulfonamides is 1. The molecule has 0 radical (unpaired) electrons. The van der Waals surface area contributed by atoms with Crippen LogP contribution in [0.2, 0.25) is 0 Å². The Kier molecular flexibility index (Phi) is 5.78. The molecular weight excluding hydrogens is 397 g/mol. The first kappa shape index (κ1) is 16.5. The van der Waals surface area contributed by atoms with Crippen LogP contribution in [0.5, 0.6) is 0 Å². The first-order chi connectivity index (χ1) is 9.97. The quantitative estimate of drug-likeness (QED) is 0.581. The van der Waals surface area contributed by atoms with E-state index in [4.69, 9.17) is 0 Å². The van der Waals surface area contributed by atoms with E-state index in [1.807, 2.05) is 25.1 Å². The Balaban J connectivity index is 1.94. The van der Waals surface area contributed by atoms with Gasteiger partial charge in [0.1, 0.15) is 0 Å². The lowest BCUT2D eigenvalue weighted by Crippen LogP contribution is -2.30. The van der Waals surface area contributed by atoms with Crippen molar-refractivity contribution < 1.29 is 8.42 Å². The Labute approximate surface area is 140 Å². The third-order valence-corrected chi connectivity index (χ3v) is 5.45. The summed E-state index contributed by atoms with van der Waals surface area (Å²) in [7, 11) is -3.42. The van der Waals surface area contributed by atoms with E-state index in [1.165, 1.54) is 5.56 Å². The van der Waals surface area contributed by atoms with Crippen LogP contribution in [-0.4, -0.2) is 18.9 Å². The summed E-state index contributed by atoms with van der Waals surface area (Å²) in [6.07, 6.45) is 0.845. The number of halogens is 1. The third kappa shape index (κ3) is 5.09. The van der Waals surface area contributed by atoms with Crippen molar-refractivity contribution in [3.63, 3.8) is 0 Å². The summed E-state index contributed by atoms with van der Waals surface area (Å²) in [6, 6.07) is 17.0. The fourth-order valence-electron chi connectivity index (χ4n) is 1.94. The smallest absolute Gasteiger partial charge is 0.210 e. The summed E-state index contributed by atoms with van der Waals surface area (Å²) in [4.78, 5) is 0.316. The minimum absolute atomic E-state index is 0.213. The van der Waals surface area contributed by atoms with Crippen molar-refractivity contribution in [2.45, 2.75) is 22.2 Å². The highest BCUT2D eigenvalue weighted by Gasteiger charge is 2.15. The van der Waals surface area contributed by atoms with Gasteiger partial charge in [0, 0.05) is 10.5 Å². The van der Waals surface area contributed by atoms with E-state index in [0.29, 0.717) is 11.4 Å². The zero-order valence-corrected chi connectivity index (χ0v) is 14.8. The molecule has 0 bridgehead atoms. The van der Waals surface area contributed by atoms with Gasteiger partial charge < -0.3 is 0 Å². The highest BCUT2D eigenvalue weighted by Crippen LogP contribution is 2.13. The zero-order valence-electron chi connectivity index (χ0n) is 11.8. The van der Waals surface area contributed by atoms with Gasteiger partial charge in [0.25, 0.3) is 0 Å². The van der Waals surface area contributed by atoms with Gasteiger partial charge in [-0.05, 0) is 31.0 Å². The maximum absolute atomic E-state index is 12.2. The van der Waals surface area contributed by atoms with Crippen LogP contribution in [0.3, 0.4) is 0 Å². The van der Waals surface area contributed by atoms with Crippen LogP contribution < -0.4 is 4.72 Å². The molecule has 0 aliphatic rings. The van der Waals surface area contributed by atoms with Gasteiger partial charge in [0.2, 0.25) is 10.0 Å². The summed E-state index contributed by atoms with van der Waals surface area (Å²) in [6.45, 7) is 2.36. The van der Waals surface area contributed by atoms with E-state index >= 15 is 0 Å². The zero-order chi connectivity index (χ0) is 15.3. The number of hydrogen-bond acceptors (Lipinski definition) is 2. The second-order valence-corrected chi connectivity index (χ2v) is 8.48. The molecule has 0 spiro atoms. The number of aryl methyl sites for hydroxylation is 1. The molecule has 2 aromatic carbocycles. The molecule has 1 N–H and O–H groups in total. The molecule has 5 heteroatoms. The van der Waals surface area contributed by atoms with E-state index in [1.54, 1.807) is 24.3 Å². The summed E-state index contributed by atoms with van der Waals surface area (Å²) < 4.78 is 27.3. The first-order valence-electron chi connectivity index (χ1n) is 6.72. The van der Waals surface area contributed by atoms with Crippen LogP contribution in [0.15, 0.2) is 59.5 Å². The predicted octanol–water partition coefficient (Wildman–Crippen LogP) is 3.32. The van der Waals surface area contributed by atoms with Crippen molar-refractivity contribution in [2.75, 3.05) is 6.54 Å². The van der Waals surface area contributed by atoms with Gasteiger partial charge in [-0.25, -0.2) is 13.1 Å². The van der Waals surface area contributed by atoms with Crippen LogP contribution in [0.25, 0.3) is 0 Å². The molecule has 0 fully saturated rings. The van der Waals surface area contributed by atoms with Gasteiger partial charge in [-0.2, -0.15) is 0 Å². The number of rotatable bonds is 6. The molecule has 0 aliphatic carbocycles. The van der Waals surface area contributed by atoms with E-state index in [9.17, 15) is 8.42 Å². The van der Waals surface area contributed by atoms with Crippen LogP contribution >= 0.6 is 22.6 Å². The average Bonchev–Trinajstić information content (AvgIpc) is 2.47. The molecule has 3 nitrogen and oxygen atoms in total. The van der Waals surface area contributed by atoms with Crippen molar-refractivity contribution in [2.24, 2.45) is 0 Å².